The van der Waals surface area contributed by atoms with Crippen molar-refractivity contribution in [1.29, 1.82) is 0 Å². The highest BCUT2D eigenvalue weighted by molar-refractivity contribution is 5.90. The number of likely N-dealkylation sites (N-methyl/N-ethyl adjacent to an activating group) is 1. The van der Waals surface area contributed by atoms with E-state index in [1.54, 1.807) is 18.5 Å². The number of halogens is 1. The van der Waals surface area contributed by atoms with Crippen LogP contribution in [0.15, 0.2) is 48.8 Å². The normalized spacial score (nSPS) is 15.4. The minimum absolute atomic E-state index is 0.111. The molecule has 1 N–H and O–H groups in total. The molecule has 1 fully saturated rings. The average molecular weight is 380 g/mol. The van der Waals surface area contributed by atoms with Gasteiger partial charge in [-0.1, -0.05) is 12.1 Å². The third-order valence-electron chi connectivity index (χ3n) is 5.07. The maximum Gasteiger partial charge on any atom is 0.137 e. The lowest BCUT2D eigenvalue weighted by Gasteiger charge is -2.27. The first-order chi connectivity index (χ1) is 13.6. The zero-order valence-electron chi connectivity index (χ0n) is 16.2. The van der Waals surface area contributed by atoms with Crippen LogP contribution in [0.4, 0.5) is 10.2 Å². The van der Waals surface area contributed by atoms with Crippen LogP contribution in [0.1, 0.15) is 30.9 Å². The number of hydrogen-bond donors (Lipinski definition) is 1. The number of rotatable bonds is 7. The summed E-state index contributed by atoms with van der Waals surface area (Å²) in [6.45, 7) is 0.702. The molecule has 1 unspecified atom stereocenters. The summed E-state index contributed by atoms with van der Waals surface area (Å²) in [5.74, 6) is 1.32. The summed E-state index contributed by atoms with van der Waals surface area (Å²) >= 11 is 0. The molecular weight excluding hydrogens is 355 g/mol. The second-order valence-electron chi connectivity index (χ2n) is 7.59. The Balaban J connectivity index is 1.66. The van der Waals surface area contributed by atoms with Crippen molar-refractivity contribution in [3.63, 3.8) is 0 Å². The van der Waals surface area contributed by atoms with Crippen molar-refractivity contribution in [3.8, 4) is 5.75 Å². The molecule has 1 atom stereocenters. The van der Waals surface area contributed by atoms with Crippen LogP contribution in [0.25, 0.3) is 10.9 Å². The maximum absolute atomic E-state index is 13.8. The lowest BCUT2D eigenvalue weighted by atomic mass is 9.96. The lowest BCUT2D eigenvalue weighted by molar-refractivity contribution is 0.120. The van der Waals surface area contributed by atoms with Gasteiger partial charge < -0.3 is 15.0 Å². The van der Waals surface area contributed by atoms with E-state index in [0.717, 1.165) is 40.9 Å². The van der Waals surface area contributed by atoms with Crippen molar-refractivity contribution < 1.29 is 9.13 Å². The van der Waals surface area contributed by atoms with E-state index in [1.165, 1.54) is 12.5 Å². The van der Waals surface area contributed by atoms with E-state index in [9.17, 15) is 4.39 Å². The Bertz CT molecular complexity index is 958. The highest BCUT2D eigenvalue weighted by atomic mass is 19.1. The molecule has 1 saturated carbocycles. The van der Waals surface area contributed by atoms with Crippen molar-refractivity contribution >= 4 is 16.7 Å². The summed E-state index contributed by atoms with van der Waals surface area (Å²) in [5.41, 5.74) is 1.73. The van der Waals surface area contributed by atoms with E-state index in [0.29, 0.717) is 12.6 Å². The Morgan fingerprint density at radius 1 is 1.18 bits per heavy atom. The molecule has 146 valence electrons. The molecule has 0 bridgehead atoms. The summed E-state index contributed by atoms with van der Waals surface area (Å²) in [6.07, 6.45) is 5.31. The first-order valence-corrected chi connectivity index (χ1v) is 9.66. The van der Waals surface area contributed by atoms with Gasteiger partial charge in [-0.25, -0.2) is 14.4 Å². The van der Waals surface area contributed by atoms with Crippen LogP contribution in [0.5, 0.6) is 5.75 Å². The molecule has 6 heteroatoms. The van der Waals surface area contributed by atoms with Crippen LogP contribution in [0.3, 0.4) is 0 Å². The molecule has 3 aromatic rings. The SMILES string of the molecule is CN(C)CC(Nc1ncnc2ccc(OC3CCC3)cc12)c1cccc(F)c1. The Hall–Kier alpha value is -2.73. The molecule has 1 heterocycles. The van der Waals surface area contributed by atoms with Gasteiger partial charge in [0.15, 0.2) is 0 Å². The second-order valence-corrected chi connectivity index (χ2v) is 7.59. The van der Waals surface area contributed by atoms with Gasteiger partial charge in [0.2, 0.25) is 0 Å². The van der Waals surface area contributed by atoms with Crippen LogP contribution < -0.4 is 10.1 Å². The van der Waals surface area contributed by atoms with Crippen LogP contribution in [-0.4, -0.2) is 41.6 Å². The molecule has 1 aromatic heterocycles. The molecule has 0 saturated heterocycles. The topological polar surface area (TPSA) is 50.3 Å². The van der Waals surface area contributed by atoms with Gasteiger partial charge in [-0.15, -0.1) is 0 Å². The highest BCUT2D eigenvalue weighted by Crippen LogP contribution is 2.30. The van der Waals surface area contributed by atoms with Crippen LogP contribution in [0.2, 0.25) is 0 Å². The molecule has 5 nitrogen and oxygen atoms in total. The van der Waals surface area contributed by atoms with Gasteiger partial charge in [0.05, 0.1) is 17.7 Å². The zero-order valence-corrected chi connectivity index (χ0v) is 16.2. The van der Waals surface area contributed by atoms with Gasteiger partial charge >= 0.3 is 0 Å². The summed E-state index contributed by atoms with van der Waals surface area (Å²) in [5, 5.41) is 4.39. The van der Waals surface area contributed by atoms with Crippen molar-refractivity contribution in [3.05, 3.63) is 60.2 Å². The average Bonchev–Trinajstić information content (AvgIpc) is 2.64. The predicted molar refractivity (Wildman–Crippen MR) is 109 cm³/mol. The van der Waals surface area contributed by atoms with Crippen LogP contribution in [-0.2, 0) is 0 Å². The largest absolute Gasteiger partial charge is 0.490 e. The third-order valence-corrected chi connectivity index (χ3v) is 5.07. The van der Waals surface area contributed by atoms with E-state index >= 15 is 0 Å². The molecule has 28 heavy (non-hydrogen) atoms. The van der Waals surface area contributed by atoms with Crippen LogP contribution >= 0.6 is 0 Å². The fourth-order valence-corrected chi connectivity index (χ4v) is 3.39. The van der Waals surface area contributed by atoms with Crippen LogP contribution in [0, 0.1) is 5.82 Å². The number of ether oxygens (including phenoxy) is 1. The molecule has 0 aliphatic heterocycles. The number of aromatic nitrogens is 2. The number of nitrogens with one attached hydrogen (secondary N) is 1. The predicted octanol–water partition coefficient (Wildman–Crippen LogP) is 4.42. The summed E-state index contributed by atoms with van der Waals surface area (Å²) < 4.78 is 19.8. The maximum atomic E-state index is 13.8. The number of fused-ring (bicyclic) bond motifs is 1. The van der Waals surface area contributed by atoms with E-state index in [4.69, 9.17) is 4.74 Å². The van der Waals surface area contributed by atoms with E-state index < -0.39 is 0 Å². The highest BCUT2D eigenvalue weighted by Gasteiger charge is 2.20. The van der Waals surface area contributed by atoms with Crippen molar-refractivity contribution in [2.24, 2.45) is 0 Å². The van der Waals surface area contributed by atoms with Gasteiger partial charge in [0, 0.05) is 11.9 Å². The third kappa shape index (κ3) is 4.22. The van der Waals surface area contributed by atoms with E-state index in [2.05, 4.69) is 20.2 Å². The number of benzene rings is 2. The van der Waals surface area contributed by atoms with E-state index in [-0.39, 0.29) is 11.9 Å². The molecule has 1 aliphatic carbocycles. The molecule has 0 amide bonds. The molecular formula is C22H25FN4O. The van der Waals surface area contributed by atoms with Crippen molar-refractivity contribution in [2.75, 3.05) is 26.0 Å². The molecule has 2 aromatic carbocycles. The zero-order chi connectivity index (χ0) is 19.5. The van der Waals surface area contributed by atoms with Gasteiger partial charge in [0.25, 0.3) is 0 Å². The second kappa shape index (κ2) is 8.10. The molecule has 1 aliphatic rings. The van der Waals surface area contributed by atoms with E-state index in [1.807, 2.05) is 38.4 Å². The summed E-state index contributed by atoms with van der Waals surface area (Å²) in [6, 6.07) is 12.5. The number of hydrogen-bond acceptors (Lipinski definition) is 5. The fraction of sp³-hybridized carbons (Fsp3) is 0.364. The number of anilines is 1. The Labute approximate surface area is 164 Å². The minimum atomic E-state index is -0.244. The van der Waals surface area contributed by atoms with Gasteiger partial charge in [0.1, 0.15) is 23.7 Å². The molecule has 0 spiro atoms. The van der Waals surface area contributed by atoms with Crippen molar-refractivity contribution in [2.45, 2.75) is 31.4 Å². The lowest BCUT2D eigenvalue weighted by Crippen LogP contribution is -2.26. The Morgan fingerprint density at radius 3 is 2.75 bits per heavy atom. The molecule has 4 rings (SSSR count). The fourth-order valence-electron chi connectivity index (χ4n) is 3.39. The van der Waals surface area contributed by atoms with Crippen molar-refractivity contribution in [1.82, 2.24) is 14.9 Å². The first kappa shape index (κ1) is 18.6. The summed E-state index contributed by atoms with van der Waals surface area (Å²) in [4.78, 5) is 10.9. The number of nitrogens with zero attached hydrogens (tertiary/aromatic N) is 3. The quantitative estimate of drug-likeness (QED) is 0.658. The Morgan fingerprint density at radius 2 is 2.04 bits per heavy atom. The first-order valence-electron chi connectivity index (χ1n) is 9.66. The standard InChI is InChI=1S/C22H25FN4O/c1-27(2)13-21(15-5-3-6-16(23)11-15)26-22-19-12-18(28-17-7-4-8-17)9-10-20(19)24-14-25-22/h3,5-6,9-12,14,17,21H,4,7-8,13H2,1-2H3,(H,24,25,26). The Kier molecular flexibility index (Phi) is 5.39. The van der Waals surface area contributed by atoms with Gasteiger partial charge in [-0.2, -0.15) is 0 Å². The monoisotopic (exact) mass is 380 g/mol. The summed E-state index contributed by atoms with van der Waals surface area (Å²) in [7, 11) is 3.99. The minimum Gasteiger partial charge on any atom is -0.490 e. The van der Waals surface area contributed by atoms with Gasteiger partial charge in [-0.05, 0) is 69.3 Å². The molecule has 0 radical (unpaired) electrons. The van der Waals surface area contributed by atoms with Gasteiger partial charge in [-0.3, -0.25) is 0 Å². The smallest absolute Gasteiger partial charge is 0.137 e.